The number of benzene rings is 2. The number of rotatable bonds is 0. The smallest absolute Gasteiger partial charge is 0.129 e. The Kier molecular flexibility index (Phi) is 2.34. The molecule has 2 aromatic carbocycles. The largest absolute Gasteiger partial charge is 0.507 e. The highest BCUT2D eigenvalue weighted by molar-refractivity contribution is 7.99. The Morgan fingerprint density at radius 3 is 2.81 bits per heavy atom. The third-order valence-electron chi connectivity index (χ3n) is 2.73. The van der Waals surface area contributed by atoms with Gasteiger partial charge in [-0.3, -0.25) is 0 Å². The summed E-state index contributed by atoms with van der Waals surface area (Å²) in [6.07, 6.45) is 0.797. The molecule has 0 amide bonds. The first-order chi connectivity index (χ1) is 7.75. The van der Waals surface area contributed by atoms with E-state index in [9.17, 15) is 5.11 Å². The molecule has 0 radical (unpaired) electrons. The molecule has 0 aliphatic carbocycles. The number of phenolic OH excluding ortho intramolecular Hbond substituents is 1. The average Bonchev–Trinajstić information content (AvgIpc) is 2.29. The molecule has 0 saturated heterocycles. The van der Waals surface area contributed by atoms with E-state index in [0.29, 0.717) is 5.75 Å². The molecule has 1 heterocycles. The van der Waals surface area contributed by atoms with Gasteiger partial charge in [-0.25, -0.2) is 0 Å². The molecule has 1 aliphatic rings. The topological polar surface area (TPSA) is 20.2 Å². The van der Waals surface area contributed by atoms with Gasteiger partial charge in [-0.1, -0.05) is 41.6 Å². The maximum Gasteiger partial charge on any atom is 0.129 e. The van der Waals surface area contributed by atoms with E-state index in [1.165, 1.54) is 0 Å². The van der Waals surface area contributed by atoms with Crippen LogP contribution in [0.5, 0.6) is 5.75 Å². The minimum absolute atomic E-state index is 0.355. The lowest BCUT2D eigenvalue weighted by Gasteiger charge is -2.20. The van der Waals surface area contributed by atoms with E-state index in [4.69, 9.17) is 11.6 Å². The third-order valence-corrected chi connectivity index (χ3v) is 4.36. The van der Waals surface area contributed by atoms with Crippen LogP contribution in [0.4, 0.5) is 0 Å². The van der Waals surface area contributed by atoms with Gasteiger partial charge in [-0.05, 0) is 29.3 Å². The second kappa shape index (κ2) is 3.72. The summed E-state index contributed by atoms with van der Waals surface area (Å²) in [5, 5.41) is 10.6. The average molecular weight is 249 g/mol. The van der Waals surface area contributed by atoms with Gasteiger partial charge in [0.15, 0.2) is 0 Å². The van der Waals surface area contributed by atoms with Gasteiger partial charge in [0.25, 0.3) is 0 Å². The zero-order valence-electron chi connectivity index (χ0n) is 8.40. The zero-order chi connectivity index (χ0) is 11.1. The number of fused-ring (bicyclic) bond motifs is 2. The second-order valence-corrected chi connectivity index (χ2v) is 5.22. The highest BCUT2D eigenvalue weighted by Gasteiger charge is 2.20. The zero-order valence-corrected chi connectivity index (χ0v) is 9.98. The fourth-order valence-electron chi connectivity index (χ4n) is 1.93. The standard InChI is InChI=1S/C13H9ClOS/c14-10-4-2-6-12-9(10)7-8-3-1-5-11(15)13(8)16-12/h1-6,15H,7H2. The quantitative estimate of drug-likeness (QED) is 0.646. The number of phenols is 1. The van der Waals surface area contributed by atoms with Crippen LogP contribution < -0.4 is 0 Å². The van der Waals surface area contributed by atoms with Crippen LogP contribution in [-0.2, 0) is 6.42 Å². The van der Waals surface area contributed by atoms with Gasteiger partial charge in [0.05, 0.1) is 4.90 Å². The van der Waals surface area contributed by atoms with Gasteiger partial charge >= 0.3 is 0 Å². The molecule has 3 heteroatoms. The Bertz CT molecular complexity index is 514. The maximum atomic E-state index is 9.80. The van der Waals surface area contributed by atoms with Crippen molar-refractivity contribution in [3.8, 4) is 5.75 Å². The van der Waals surface area contributed by atoms with Crippen molar-refractivity contribution in [3.63, 3.8) is 0 Å². The van der Waals surface area contributed by atoms with Gasteiger partial charge in [0, 0.05) is 16.3 Å². The van der Waals surface area contributed by atoms with Crippen molar-refractivity contribution >= 4 is 23.4 Å². The number of aromatic hydroxyl groups is 1. The maximum absolute atomic E-state index is 9.80. The molecule has 0 saturated carbocycles. The van der Waals surface area contributed by atoms with Crippen LogP contribution >= 0.6 is 23.4 Å². The molecule has 0 bridgehead atoms. The summed E-state index contributed by atoms with van der Waals surface area (Å²) in [6, 6.07) is 11.5. The van der Waals surface area contributed by atoms with Crippen LogP contribution in [0.15, 0.2) is 46.2 Å². The van der Waals surface area contributed by atoms with E-state index in [0.717, 1.165) is 32.4 Å². The molecule has 0 spiro atoms. The van der Waals surface area contributed by atoms with Crippen molar-refractivity contribution < 1.29 is 5.11 Å². The molecule has 3 rings (SSSR count). The fourth-order valence-corrected chi connectivity index (χ4v) is 3.35. The van der Waals surface area contributed by atoms with Crippen molar-refractivity contribution in [1.29, 1.82) is 0 Å². The lowest BCUT2D eigenvalue weighted by atomic mass is 10.0. The van der Waals surface area contributed by atoms with Crippen LogP contribution in [0.25, 0.3) is 0 Å². The van der Waals surface area contributed by atoms with Crippen LogP contribution in [0.2, 0.25) is 5.02 Å². The molecular formula is C13H9ClOS. The van der Waals surface area contributed by atoms with Crippen molar-refractivity contribution in [2.45, 2.75) is 16.2 Å². The first-order valence-electron chi connectivity index (χ1n) is 5.02. The van der Waals surface area contributed by atoms with Crippen molar-refractivity contribution in [2.75, 3.05) is 0 Å². The van der Waals surface area contributed by atoms with Gasteiger partial charge in [0.1, 0.15) is 5.75 Å². The van der Waals surface area contributed by atoms with Gasteiger partial charge in [-0.2, -0.15) is 0 Å². The first-order valence-corrected chi connectivity index (χ1v) is 6.21. The summed E-state index contributed by atoms with van der Waals surface area (Å²) in [6.45, 7) is 0. The van der Waals surface area contributed by atoms with E-state index >= 15 is 0 Å². The number of hydrogen-bond acceptors (Lipinski definition) is 2. The number of hydrogen-bond donors (Lipinski definition) is 1. The summed E-state index contributed by atoms with van der Waals surface area (Å²) in [5.41, 5.74) is 2.30. The first kappa shape index (κ1) is 10.1. The molecule has 0 unspecified atom stereocenters. The molecule has 0 fully saturated rings. The minimum Gasteiger partial charge on any atom is -0.507 e. The summed E-state index contributed by atoms with van der Waals surface area (Å²) < 4.78 is 0. The molecule has 0 aromatic heterocycles. The monoisotopic (exact) mass is 248 g/mol. The Hall–Kier alpha value is -1.12. The Morgan fingerprint density at radius 1 is 1.12 bits per heavy atom. The predicted octanol–water partition coefficient (Wildman–Crippen LogP) is 4.10. The Balaban J connectivity index is 2.17. The fraction of sp³-hybridized carbons (Fsp3) is 0.0769. The van der Waals surface area contributed by atoms with Crippen LogP contribution in [0.1, 0.15) is 11.1 Å². The van der Waals surface area contributed by atoms with Crippen molar-refractivity contribution in [2.24, 2.45) is 0 Å². The summed E-state index contributed by atoms with van der Waals surface area (Å²) in [7, 11) is 0. The summed E-state index contributed by atoms with van der Waals surface area (Å²) in [4.78, 5) is 2.10. The highest BCUT2D eigenvalue weighted by Crippen LogP contribution is 2.45. The molecule has 2 aromatic rings. The van der Waals surface area contributed by atoms with E-state index < -0.39 is 0 Å². The van der Waals surface area contributed by atoms with Crippen LogP contribution in [0, 0.1) is 0 Å². The van der Waals surface area contributed by atoms with Gasteiger partial charge < -0.3 is 5.11 Å². The molecular weight excluding hydrogens is 240 g/mol. The van der Waals surface area contributed by atoms with Gasteiger partial charge in [0.2, 0.25) is 0 Å². The normalized spacial score (nSPS) is 13.1. The van der Waals surface area contributed by atoms with E-state index in [2.05, 4.69) is 0 Å². The Morgan fingerprint density at radius 2 is 1.94 bits per heavy atom. The minimum atomic E-state index is 0.355. The predicted molar refractivity (Wildman–Crippen MR) is 66.5 cm³/mol. The van der Waals surface area contributed by atoms with E-state index in [1.54, 1.807) is 17.8 Å². The molecule has 80 valence electrons. The highest BCUT2D eigenvalue weighted by atomic mass is 35.5. The molecule has 1 nitrogen and oxygen atoms in total. The number of halogens is 1. The van der Waals surface area contributed by atoms with Crippen molar-refractivity contribution in [3.05, 3.63) is 52.5 Å². The van der Waals surface area contributed by atoms with E-state index in [-0.39, 0.29) is 0 Å². The SMILES string of the molecule is Oc1cccc2c1Sc1cccc(Cl)c1C2. The third kappa shape index (κ3) is 1.49. The molecule has 0 atom stereocenters. The van der Waals surface area contributed by atoms with E-state index in [1.807, 2.05) is 30.3 Å². The second-order valence-electron chi connectivity index (χ2n) is 3.76. The summed E-state index contributed by atoms with van der Waals surface area (Å²) >= 11 is 7.76. The van der Waals surface area contributed by atoms with Crippen LogP contribution in [-0.4, -0.2) is 5.11 Å². The lowest BCUT2D eigenvalue weighted by Crippen LogP contribution is -2.00. The Labute approximate surface area is 103 Å². The summed E-state index contributed by atoms with van der Waals surface area (Å²) in [5.74, 6) is 0.355. The molecule has 1 aliphatic heterocycles. The van der Waals surface area contributed by atoms with Crippen LogP contribution in [0.3, 0.4) is 0 Å². The lowest BCUT2D eigenvalue weighted by molar-refractivity contribution is 0.461. The molecule has 16 heavy (non-hydrogen) atoms. The van der Waals surface area contributed by atoms with Gasteiger partial charge in [-0.15, -0.1) is 0 Å². The molecule has 1 N–H and O–H groups in total. The van der Waals surface area contributed by atoms with Crippen molar-refractivity contribution in [1.82, 2.24) is 0 Å².